The number of nitrogens with two attached hydrogens (primary N) is 1. The second-order valence-corrected chi connectivity index (χ2v) is 6.79. The van der Waals surface area contributed by atoms with E-state index in [0.29, 0.717) is 4.90 Å². The zero-order chi connectivity index (χ0) is 18.4. The Bertz CT molecular complexity index is 700. The van der Waals surface area contributed by atoms with E-state index < -0.39 is 23.5 Å². The first-order valence-corrected chi connectivity index (χ1v) is 8.14. The van der Waals surface area contributed by atoms with Gasteiger partial charge in [0, 0.05) is 11.8 Å². The number of carbonyl (C=O) groups is 1. The Kier molecular flexibility index (Phi) is 7.32. The number of hydrogen-bond acceptors (Lipinski definition) is 7. The molecule has 1 aromatic rings. The van der Waals surface area contributed by atoms with Gasteiger partial charge in [-0.1, -0.05) is 23.8 Å². The second-order valence-electron chi connectivity index (χ2n) is 4.51. The maximum atomic E-state index is 13.3. The van der Waals surface area contributed by atoms with E-state index in [9.17, 15) is 14.3 Å². The molecule has 24 heavy (non-hydrogen) atoms. The van der Waals surface area contributed by atoms with Crippen LogP contribution in [0.1, 0.15) is 6.92 Å². The van der Waals surface area contributed by atoms with Crippen LogP contribution in [0.3, 0.4) is 0 Å². The van der Waals surface area contributed by atoms with Crippen LogP contribution in [0, 0.1) is 16.6 Å². The van der Waals surface area contributed by atoms with Crippen molar-refractivity contribution in [3.8, 4) is 0 Å². The highest BCUT2D eigenvalue weighted by atomic mass is 79.9. The van der Waals surface area contributed by atoms with Crippen LogP contribution in [0.4, 0.5) is 14.9 Å². The molecule has 0 radical (unpaired) electrons. The first-order valence-electron chi connectivity index (χ1n) is 6.47. The summed E-state index contributed by atoms with van der Waals surface area (Å²) in [5.74, 6) is -1.35. The number of carboxylic acid groups (broad SMARTS) is 1. The molecule has 1 amide bonds. The fourth-order valence-electron chi connectivity index (χ4n) is 1.54. The van der Waals surface area contributed by atoms with Crippen LogP contribution in [-0.4, -0.2) is 44.8 Å². The summed E-state index contributed by atoms with van der Waals surface area (Å²) in [6.45, 7) is 1.96. The van der Waals surface area contributed by atoms with Crippen LogP contribution in [0.25, 0.3) is 0 Å². The predicted octanol–water partition coefficient (Wildman–Crippen LogP) is 2.94. The fourth-order valence-corrected chi connectivity index (χ4v) is 2.65. The quantitative estimate of drug-likeness (QED) is 0.215. The van der Waals surface area contributed by atoms with Crippen LogP contribution < -0.4 is 10.6 Å². The number of halogens is 2. The summed E-state index contributed by atoms with van der Waals surface area (Å²) in [6.07, 6.45) is -1.54. The van der Waals surface area contributed by atoms with Crippen molar-refractivity contribution >= 4 is 56.1 Å². The van der Waals surface area contributed by atoms with E-state index in [-0.39, 0.29) is 27.0 Å². The third-order valence-electron chi connectivity index (χ3n) is 2.76. The summed E-state index contributed by atoms with van der Waals surface area (Å²) in [5.41, 5.74) is 4.81. The molecule has 0 aliphatic heterocycles. The average molecular weight is 420 g/mol. The van der Waals surface area contributed by atoms with Crippen LogP contribution in [-0.2, 0) is 0 Å². The van der Waals surface area contributed by atoms with Crippen molar-refractivity contribution < 1.29 is 19.5 Å². The van der Waals surface area contributed by atoms with Gasteiger partial charge in [0.05, 0.1) is 10.2 Å². The Labute approximate surface area is 149 Å². The van der Waals surface area contributed by atoms with Crippen molar-refractivity contribution in [2.45, 2.75) is 12.2 Å². The van der Waals surface area contributed by atoms with Gasteiger partial charge in [0.2, 0.25) is 0 Å². The molecule has 8 nitrogen and oxygen atoms in total. The van der Waals surface area contributed by atoms with E-state index >= 15 is 0 Å². The van der Waals surface area contributed by atoms with E-state index in [4.69, 9.17) is 21.8 Å². The molecule has 0 spiro atoms. The van der Waals surface area contributed by atoms with Crippen LogP contribution in [0.2, 0.25) is 0 Å². The van der Waals surface area contributed by atoms with Crippen molar-refractivity contribution in [3.05, 3.63) is 28.5 Å². The molecule has 130 valence electrons. The third-order valence-corrected chi connectivity index (χ3v) is 4.47. The van der Waals surface area contributed by atoms with Crippen molar-refractivity contribution in [2.24, 2.45) is 10.9 Å². The molecular formula is C13H15BrFN5O3S. The van der Waals surface area contributed by atoms with Crippen molar-refractivity contribution in [1.82, 2.24) is 0 Å². The number of hydrogen-bond donors (Lipinski definition) is 5. The molecule has 1 rings (SSSR count). The predicted molar refractivity (Wildman–Crippen MR) is 95.4 cm³/mol. The van der Waals surface area contributed by atoms with Crippen molar-refractivity contribution in [2.75, 3.05) is 11.4 Å². The normalized spacial score (nSPS) is 12.6. The number of nitrogens with zero attached hydrogens (tertiary/aromatic N) is 2. The smallest absolute Gasteiger partial charge is 0.417 e. The number of nitrogens with one attached hydrogen (secondary N) is 2. The van der Waals surface area contributed by atoms with Gasteiger partial charge in [-0.3, -0.25) is 10.8 Å². The number of benzene rings is 1. The lowest BCUT2D eigenvalue weighted by Gasteiger charge is -2.21. The highest BCUT2D eigenvalue weighted by molar-refractivity contribution is 9.10. The lowest BCUT2D eigenvalue weighted by Crippen LogP contribution is -2.42. The SMILES string of the molecule is CC(CN)S/C(=N/O)C(=N)C(=N)N(C(=O)O)c1ccc(F)c(Br)c1. The lowest BCUT2D eigenvalue weighted by molar-refractivity contribution is 0.205. The molecule has 1 aromatic carbocycles. The Balaban J connectivity index is 3.16. The van der Waals surface area contributed by atoms with Gasteiger partial charge >= 0.3 is 6.09 Å². The number of rotatable bonds is 5. The van der Waals surface area contributed by atoms with Crippen LogP contribution >= 0.6 is 27.7 Å². The number of oxime groups is 1. The molecule has 11 heteroatoms. The summed E-state index contributed by atoms with van der Waals surface area (Å²) in [5, 5.41) is 36.7. The van der Waals surface area contributed by atoms with Crippen molar-refractivity contribution in [1.29, 1.82) is 10.8 Å². The second kappa shape index (κ2) is 8.76. The molecule has 1 atom stereocenters. The lowest BCUT2D eigenvalue weighted by atomic mass is 10.2. The topological polar surface area (TPSA) is 147 Å². The van der Waals surface area contributed by atoms with E-state index in [2.05, 4.69) is 21.1 Å². The Morgan fingerprint density at radius 2 is 2.17 bits per heavy atom. The fraction of sp³-hybridized carbons (Fsp3) is 0.231. The minimum atomic E-state index is -1.54. The van der Waals surface area contributed by atoms with Crippen molar-refractivity contribution in [3.63, 3.8) is 0 Å². The minimum Gasteiger partial charge on any atom is -0.464 e. The first-order chi connectivity index (χ1) is 11.2. The summed E-state index contributed by atoms with van der Waals surface area (Å²) < 4.78 is 13.3. The highest BCUT2D eigenvalue weighted by Gasteiger charge is 2.27. The number of thioether (sulfide) groups is 1. The molecule has 0 bridgehead atoms. The van der Waals surface area contributed by atoms with E-state index in [1.807, 2.05) is 0 Å². The van der Waals surface area contributed by atoms with Gasteiger partial charge < -0.3 is 16.0 Å². The standard InChI is InChI=1S/C13H15BrFN5O3S/c1-6(5-16)24-12(19-23)10(17)11(18)20(13(21)22)7-2-3-9(15)8(14)4-7/h2-4,6,17-18,23H,5,16H2,1H3,(H,21,22)/b17-10?,18-11?,19-12+. The highest BCUT2D eigenvalue weighted by Crippen LogP contribution is 2.24. The Morgan fingerprint density at radius 3 is 2.62 bits per heavy atom. The number of anilines is 1. The summed E-state index contributed by atoms with van der Waals surface area (Å²) in [7, 11) is 0. The largest absolute Gasteiger partial charge is 0.464 e. The summed E-state index contributed by atoms with van der Waals surface area (Å²) in [6, 6.07) is 3.34. The number of amides is 1. The summed E-state index contributed by atoms with van der Waals surface area (Å²) >= 11 is 3.87. The van der Waals surface area contributed by atoms with Gasteiger partial charge in [0.25, 0.3) is 0 Å². The number of amidine groups is 1. The molecule has 0 fully saturated rings. The van der Waals surface area contributed by atoms with Gasteiger partial charge in [0.15, 0.2) is 10.9 Å². The molecular weight excluding hydrogens is 405 g/mol. The maximum Gasteiger partial charge on any atom is 0.417 e. The van der Waals surface area contributed by atoms with Crippen LogP contribution in [0.15, 0.2) is 27.8 Å². The minimum absolute atomic E-state index is 0.00718. The zero-order valence-electron chi connectivity index (χ0n) is 12.5. The molecule has 0 saturated heterocycles. The molecule has 0 saturated carbocycles. The summed E-state index contributed by atoms with van der Waals surface area (Å²) in [4.78, 5) is 12.0. The average Bonchev–Trinajstić information content (AvgIpc) is 2.54. The van der Waals surface area contributed by atoms with E-state index in [1.54, 1.807) is 6.92 Å². The Hall–Kier alpha value is -1.98. The zero-order valence-corrected chi connectivity index (χ0v) is 14.9. The Morgan fingerprint density at radius 1 is 1.54 bits per heavy atom. The molecule has 6 N–H and O–H groups in total. The van der Waals surface area contributed by atoms with E-state index in [0.717, 1.165) is 30.0 Å². The monoisotopic (exact) mass is 419 g/mol. The first kappa shape index (κ1) is 20.1. The van der Waals surface area contributed by atoms with E-state index in [1.165, 1.54) is 0 Å². The molecule has 0 aliphatic rings. The third kappa shape index (κ3) is 4.76. The van der Waals surface area contributed by atoms with Gasteiger partial charge in [-0.05, 0) is 34.1 Å². The molecule has 0 aromatic heterocycles. The van der Waals surface area contributed by atoms with Gasteiger partial charge in [0.1, 0.15) is 11.5 Å². The van der Waals surface area contributed by atoms with Gasteiger partial charge in [-0.25, -0.2) is 14.1 Å². The van der Waals surface area contributed by atoms with Gasteiger partial charge in [-0.2, -0.15) is 0 Å². The molecule has 0 aliphatic carbocycles. The van der Waals surface area contributed by atoms with Gasteiger partial charge in [-0.15, -0.1) is 0 Å². The maximum absolute atomic E-state index is 13.3. The molecule has 1 unspecified atom stereocenters. The van der Waals surface area contributed by atoms with Crippen LogP contribution in [0.5, 0.6) is 0 Å². The molecule has 0 heterocycles.